The molecule has 0 saturated carbocycles. The number of aliphatic hydroxyl groups is 1. The highest BCUT2D eigenvalue weighted by Crippen LogP contribution is 2.45. The van der Waals surface area contributed by atoms with Crippen LogP contribution in [-0.4, -0.2) is 68.9 Å². The van der Waals surface area contributed by atoms with Crippen molar-refractivity contribution in [2.45, 2.75) is 48.6 Å². The molecule has 1 aromatic carbocycles. The van der Waals surface area contributed by atoms with E-state index >= 15 is 0 Å². The maximum atomic E-state index is 14.2. The number of nitrogens with two attached hydrogens (primary N) is 1. The quantitative estimate of drug-likeness (QED) is 0.386. The van der Waals surface area contributed by atoms with Crippen LogP contribution in [0.25, 0.3) is 28.0 Å². The van der Waals surface area contributed by atoms with Crippen LogP contribution < -0.4 is 5.73 Å². The zero-order valence-electron chi connectivity index (χ0n) is 21.2. The molecule has 3 atom stereocenters. The van der Waals surface area contributed by atoms with Gasteiger partial charge in [-0.2, -0.15) is 9.61 Å². The van der Waals surface area contributed by atoms with Gasteiger partial charge in [-0.05, 0) is 43.9 Å². The number of hydrogen-bond acceptors (Lipinski definition) is 8. The Morgan fingerprint density at radius 1 is 1.10 bits per heavy atom. The number of nitrogens with zero attached hydrogens (tertiary/aromatic N) is 5. The summed E-state index contributed by atoms with van der Waals surface area (Å²) in [6, 6.07) is 9.68. The van der Waals surface area contributed by atoms with Crippen molar-refractivity contribution in [1.29, 1.82) is 0 Å². The molecule has 3 aromatic heterocycles. The minimum Gasteiger partial charge on any atom is -0.387 e. The van der Waals surface area contributed by atoms with Crippen molar-refractivity contribution in [2.75, 3.05) is 18.6 Å². The third-order valence-corrected chi connectivity index (χ3v) is 8.96. The molecule has 10 nitrogen and oxygen atoms in total. The number of sulfone groups is 1. The molecule has 3 N–H and O–H groups in total. The summed E-state index contributed by atoms with van der Waals surface area (Å²) in [7, 11) is -3.77. The standard InChI is InChI=1S/C27H27FN6O4S/c1-39(37,38)25-24(16-10-17-7-8-18(11-16)33(17)23(36)14-35)32-27-20(13-31-34(27)26(25)29)15-6-9-22(30-12-15)19-4-2-3-5-21(19)28/h2-6,9,12-13,16-18,35H,7-8,10-11,14,29H2,1H3/t16?,17-,18+. The molecule has 0 aliphatic carbocycles. The molecule has 2 fully saturated rings. The lowest BCUT2D eigenvalue weighted by atomic mass is 9.87. The van der Waals surface area contributed by atoms with Crippen LogP contribution in [0.2, 0.25) is 0 Å². The highest BCUT2D eigenvalue weighted by Gasteiger charge is 2.45. The largest absolute Gasteiger partial charge is 0.387 e. The smallest absolute Gasteiger partial charge is 0.248 e. The topological polar surface area (TPSA) is 144 Å². The predicted molar refractivity (Wildman–Crippen MR) is 142 cm³/mol. The van der Waals surface area contributed by atoms with Crippen molar-refractivity contribution in [3.63, 3.8) is 0 Å². The van der Waals surface area contributed by atoms with E-state index in [-0.39, 0.29) is 40.4 Å². The predicted octanol–water partition coefficient (Wildman–Crippen LogP) is 2.81. The second-order valence-corrected chi connectivity index (χ2v) is 12.2. The van der Waals surface area contributed by atoms with Crippen molar-refractivity contribution in [3.05, 3.63) is 60.3 Å². The summed E-state index contributed by atoms with van der Waals surface area (Å²) in [6.07, 6.45) is 6.88. The van der Waals surface area contributed by atoms with Gasteiger partial charge < -0.3 is 15.7 Å². The van der Waals surface area contributed by atoms with Crippen LogP contribution in [0.4, 0.5) is 10.2 Å². The summed E-state index contributed by atoms with van der Waals surface area (Å²) >= 11 is 0. The number of pyridine rings is 1. The molecular weight excluding hydrogens is 523 g/mol. The van der Waals surface area contributed by atoms with E-state index in [9.17, 15) is 22.7 Å². The molecule has 5 heterocycles. The van der Waals surface area contributed by atoms with Crippen LogP contribution in [0.15, 0.2) is 53.7 Å². The Kier molecular flexibility index (Phi) is 6.11. The molecule has 1 amide bonds. The van der Waals surface area contributed by atoms with E-state index in [0.717, 1.165) is 19.1 Å². The fourth-order valence-electron chi connectivity index (χ4n) is 6.15. The van der Waals surface area contributed by atoms with Crippen LogP contribution in [0.5, 0.6) is 0 Å². The fraction of sp³-hybridized carbons (Fsp3) is 0.333. The summed E-state index contributed by atoms with van der Waals surface area (Å²) in [6.45, 7) is -0.549. The first kappa shape index (κ1) is 25.4. The lowest BCUT2D eigenvalue weighted by Gasteiger charge is -2.39. The highest BCUT2D eigenvalue weighted by molar-refractivity contribution is 7.91. The number of amides is 1. The Morgan fingerprint density at radius 2 is 1.82 bits per heavy atom. The van der Waals surface area contributed by atoms with E-state index in [1.165, 1.54) is 10.6 Å². The van der Waals surface area contributed by atoms with Gasteiger partial charge in [0, 0.05) is 47.1 Å². The molecule has 2 saturated heterocycles. The van der Waals surface area contributed by atoms with Crippen molar-refractivity contribution in [1.82, 2.24) is 24.5 Å². The number of fused-ring (bicyclic) bond motifs is 3. The number of hydrogen-bond donors (Lipinski definition) is 2. The highest BCUT2D eigenvalue weighted by atomic mass is 32.2. The molecule has 202 valence electrons. The van der Waals surface area contributed by atoms with Gasteiger partial charge in [-0.1, -0.05) is 18.2 Å². The lowest BCUT2D eigenvalue weighted by molar-refractivity contribution is -0.138. The molecule has 39 heavy (non-hydrogen) atoms. The van der Waals surface area contributed by atoms with Gasteiger partial charge in [0.05, 0.1) is 17.6 Å². The number of benzene rings is 1. The minimum atomic E-state index is -3.77. The van der Waals surface area contributed by atoms with Gasteiger partial charge in [0.1, 0.15) is 23.1 Å². The van der Waals surface area contributed by atoms with Gasteiger partial charge in [0.2, 0.25) is 5.91 Å². The molecule has 2 aliphatic rings. The number of piperidine rings is 1. The van der Waals surface area contributed by atoms with Crippen LogP contribution >= 0.6 is 0 Å². The van der Waals surface area contributed by atoms with Crippen molar-refractivity contribution >= 4 is 27.2 Å². The van der Waals surface area contributed by atoms with Gasteiger partial charge >= 0.3 is 0 Å². The van der Waals surface area contributed by atoms with E-state index in [4.69, 9.17) is 10.7 Å². The summed E-state index contributed by atoms with van der Waals surface area (Å²) in [4.78, 5) is 23.3. The SMILES string of the molecule is CS(=O)(=O)c1c(C2C[C@H]3CC[C@@H](C2)N3C(=O)CO)nc2c(-c3ccc(-c4ccccc4F)nc3)cnn2c1N. The Hall–Kier alpha value is -3.90. The fourth-order valence-corrected chi connectivity index (χ4v) is 7.21. The summed E-state index contributed by atoms with van der Waals surface area (Å²) in [5.74, 6) is -0.953. The molecule has 4 aromatic rings. The zero-order valence-corrected chi connectivity index (χ0v) is 22.0. The van der Waals surface area contributed by atoms with Crippen molar-refractivity contribution in [3.8, 4) is 22.4 Å². The van der Waals surface area contributed by atoms with E-state index in [1.807, 2.05) is 0 Å². The number of carbonyl (C=O) groups is 1. The molecule has 0 spiro atoms. The van der Waals surface area contributed by atoms with E-state index in [2.05, 4.69) is 10.1 Å². The first-order chi connectivity index (χ1) is 18.7. The summed E-state index contributed by atoms with van der Waals surface area (Å²) in [5.41, 5.74) is 9.31. The van der Waals surface area contributed by atoms with E-state index in [1.54, 1.807) is 47.6 Å². The zero-order chi connectivity index (χ0) is 27.5. The molecule has 1 unspecified atom stereocenters. The molecule has 12 heteroatoms. The monoisotopic (exact) mass is 550 g/mol. The number of aromatic nitrogens is 4. The first-order valence-electron chi connectivity index (χ1n) is 12.7. The van der Waals surface area contributed by atoms with E-state index in [0.29, 0.717) is 46.6 Å². The number of halogens is 1. The van der Waals surface area contributed by atoms with Crippen LogP contribution in [-0.2, 0) is 14.6 Å². The lowest BCUT2D eigenvalue weighted by Crippen LogP contribution is -2.47. The number of aliphatic hydroxyl groups excluding tert-OH is 1. The summed E-state index contributed by atoms with van der Waals surface area (Å²) < 4.78 is 41.4. The molecule has 2 bridgehead atoms. The van der Waals surface area contributed by atoms with Gasteiger partial charge in [-0.25, -0.2) is 17.8 Å². The Bertz CT molecular complexity index is 1690. The Balaban J connectivity index is 1.44. The normalized spacial score (nSPS) is 21.0. The number of nitrogen functional groups attached to an aromatic ring is 1. The second kappa shape index (κ2) is 9.38. The van der Waals surface area contributed by atoms with Crippen LogP contribution in [0.1, 0.15) is 37.3 Å². The van der Waals surface area contributed by atoms with Crippen LogP contribution in [0.3, 0.4) is 0 Å². The van der Waals surface area contributed by atoms with Crippen molar-refractivity contribution < 1.29 is 22.7 Å². The number of rotatable bonds is 5. The van der Waals surface area contributed by atoms with E-state index < -0.39 is 16.4 Å². The van der Waals surface area contributed by atoms with Gasteiger partial charge in [-0.3, -0.25) is 9.78 Å². The molecular formula is C27H27FN6O4S. The summed E-state index contributed by atoms with van der Waals surface area (Å²) in [5, 5.41) is 13.8. The Morgan fingerprint density at radius 3 is 2.44 bits per heavy atom. The maximum absolute atomic E-state index is 14.2. The maximum Gasteiger partial charge on any atom is 0.248 e. The van der Waals surface area contributed by atoms with Crippen LogP contribution in [0, 0.1) is 5.82 Å². The van der Waals surface area contributed by atoms with Gasteiger partial charge in [0.25, 0.3) is 0 Å². The molecule has 0 radical (unpaired) electrons. The van der Waals surface area contributed by atoms with Gasteiger partial charge in [-0.15, -0.1) is 0 Å². The van der Waals surface area contributed by atoms with Gasteiger partial charge in [0.15, 0.2) is 15.5 Å². The average molecular weight is 551 g/mol. The Labute approximate surface area is 224 Å². The van der Waals surface area contributed by atoms with Crippen molar-refractivity contribution in [2.24, 2.45) is 0 Å². The molecule has 2 aliphatic heterocycles. The third-order valence-electron chi connectivity index (χ3n) is 7.80. The molecule has 6 rings (SSSR count). The third kappa shape index (κ3) is 4.23. The first-order valence-corrected chi connectivity index (χ1v) is 14.6. The number of anilines is 1. The average Bonchev–Trinajstić information content (AvgIpc) is 3.46. The number of carbonyl (C=O) groups excluding carboxylic acids is 1. The second-order valence-electron chi connectivity index (χ2n) is 10.2. The minimum absolute atomic E-state index is 0.0269.